The average Bonchev–Trinajstić information content (AvgIpc) is 3.97. The average molecular weight is 736 g/mol. The van der Waals surface area contributed by atoms with Crippen molar-refractivity contribution in [3.8, 4) is 39.4 Å². The van der Waals surface area contributed by atoms with Gasteiger partial charge in [-0.05, 0) is 106 Å². The molecule has 13 heteroatoms. The molecule has 4 aromatic rings. The molecular weight excluding hydrogens is 686 g/mol. The summed E-state index contributed by atoms with van der Waals surface area (Å²) in [5.41, 5.74) is 8.92. The van der Waals surface area contributed by atoms with Crippen molar-refractivity contribution in [1.29, 1.82) is 0 Å². The van der Waals surface area contributed by atoms with Gasteiger partial charge in [0.15, 0.2) is 0 Å². The number of aryl methyl sites for hydroxylation is 2. The van der Waals surface area contributed by atoms with Crippen molar-refractivity contribution in [2.45, 2.75) is 103 Å². The highest BCUT2D eigenvalue weighted by atomic mass is 16.6. The summed E-state index contributed by atoms with van der Waals surface area (Å²) >= 11 is 0. The number of aromatic nitrogens is 4. The molecule has 3 atom stereocenters. The van der Waals surface area contributed by atoms with Crippen LogP contribution in [0.1, 0.15) is 101 Å². The number of nitrogens with zero attached hydrogens (tertiary/aromatic N) is 4. The van der Waals surface area contributed by atoms with Crippen LogP contribution in [0.3, 0.4) is 0 Å². The molecule has 2 aromatic heterocycles. The molecule has 2 saturated heterocycles. The minimum absolute atomic E-state index is 0.102. The van der Waals surface area contributed by atoms with Gasteiger partial charge in [0.1, 0.15) is 35.6 Å². The summed E-state index contributed by atoms with van der Waals surface area (Å²) in [6.45, 7) is 11.2. The molecule has 0 radical (unpaired) electrons. The van der Waals surface area contributed by atoms with Crippen LogP contribution in [0.2, 0.25) is 0 Å². The summed E-state index contributed by atoms with van der Waals surface area (Å²) in [7, 11) is 1.30. The second kappa shape index (κ2) is 13.8. The smallest absolute Gasteiger partial charge is 0.410 e. The number of amides is 3. The quantitative estimate of drug-likeness (QED) is 0.187. The first-order valence-corrected chi connectivity index (χ1v) is 19.1. The predicted molar refractivity (Wildman–Crippen MR) is 202 cm³/mol. The number of carbonyl (C=O) groups excluding carboxylic acids is 3. The van der Waals surface area contributed by atoms with Crippen molar-refractivity contribution in [3.05, 3.63) is 65.0 Å². The second-order valence-electron chi connectivity index (χ2n) is 16.2. The van der Waals surface area contributed by atoms with Crippen molar-refractivity contribution < 1.29 is 28.6 Å². The third-order valence-electron chi connectivity index (χ3n) is 11.0. The van der Waals surface area contributed by atoms with E-state index in [1.54, 1.807) is 0 Å². The molecule has 8 rings (SSSR count). The number of hydrogen-bond acceptors (Lipinski definition) is 8. The zero-order chi connectivity index (χ0) is 37.9. The van der Waals surface area contributed by atoms with E-state index in [1.807, 2.05) is 50.6 Å². The molecule has 2 aromatic carbocycles. The highest BCUT2D eigenvalue weighted by Crippen LogP contribution is 2.45. The van der Waals surface area contributed by atoms with Crippen LogP contribution >= 0.6 is 0 Å². The Hall–Kier alpha value is -5.33. The molecule has 0 saturated carbocycles. The lowest BCUT2D eigenvalue weighted by atomic mass is 9.86. The lowest BCUT2D eigenvalue weighted by Crippen LogP contribution is -2.51. The largest absolute Gasteiger partial charge is 0.488 e. The van der Waals surface area contributed by atoms with Gasteiger partial charge in [-0.2, -0.15) is 0 Å². The van der Waals surface area contributed by atoms with E-state index in [9.17, 15) is 14.4 Å². The molecule has 5 heterocycles. The number of imidazole rings is 2. The van der Waals surface area contributed by atoms with Crippen LogP contribution < -0.4 is 10.1 Å². The Morgan fingerprint density at radius 2 is 1.69 bits per heavy atom. The van der Waals surface area contributed by atoms with E-state index in [0.717, 1.165) is 101 Å². The summed E-state index contributed by atoms with van der Waals surface area (Å²) in [4.78, 5) is 59.2. The lowest BCUT2D eigenvalue weighted by Gasteiger charge is -2.30. The second-order valence-corrected chi connectivity index (χ2v) is 16.2. The van der Waals surface area contributed by atoms with Gasteiger partial charge in [0.25, 0.3) is 0 Å². The maximum atomic E-state index is 13.6. The van der Waals surface area contributed by atoms with Crippen molar-refractivity contribution in [2.75, 3.05) is 20.2 Å². The third kappa shape index (κ3) is 6.58. The summed E-state index contributed by atoms with van der Waals surface area (Å²) in [5.74, 6) is 2.14. The Kier molecular flexibility index (Phi) is 9.13. The van der Waals surface area contributed by atoms with Crippen molar-refractivity contribution in [1.82, 2.24) is 35.1 Å². The fourth-order valence-corrected chi connectivity index (χ4v) is 8.37. The minimum atomic E-state index is -0.686. The number of likely N-dealkylation sites (tertiary alicyclic amines) is 2. The van der Waals surface area contributed by atoms with Crippen LogP contribution in [-0.4, -0.2) is 79.7 Å². The van der Waals surface area contributed by atoms with Gasteiger partial charge in [-0.15, -0.1) is 0 Å². The van der Waals surface area contributed by atoms with E-state index in [4.69, 9.17) is 24.2 Å². The van der Waals surface area contributed by atoms with E-state index in [1.165, 1.54) is 12.7 Å². The van der Waals surface area contributed by atoms with E-state index in [-0.39, 0.29) is 30.0 Å². The van der Waals surface area contributed by atoms with Gasteiger partial charge in [-0.3, -0.25) is 9.69 Å². The first kappa shape index (κ1) is 35.7. The molecule has 0 bridgehead atoms. The number of benzene rings is 2. The number of carbonyl (C=O) groups is 3. The Balaban J connectivity index is 1.01. The fourth-order valence-electron chi connectivity index (χ4n) is 8.37. The summed E-state index contributed by atoms with van der Waals surface area (Å²) in [6.07, 6.45) is 6.02. The summed E-state index contributed by atoms with van der Waals surface area (Å²) in [6, 6.07) is 9.76. The Labute approximate surface area is 315 Å². The first-order valence-electron chi connectivity index (χ1n) is 19.1. The zero-order valence-corrected chi connectivity index (χ0v) is 31.9. The van der Waals surface area contributed by atoms with Crippen molar-refractivity contribution in [3.63, 3.8) is 0 Å². The summed E-state index contributed by atoms with van der Waals surface area (Å²) < 4.78 is 16.9. The van der Waals surface area contributed by atoms with E-state index < -0.39 is 17.7 Å². The van der Waals surface area contributed by atoms with E-state index >= 15 is 0 Å². The molecule has 3 N–H and O–H groups in total. The maximum absolute atomic E-state index is 13.6. The number of rotatable bonds is 6. The normalized spacial score (nSPS) is 19.4. The van der Waals surface area contributed by atoms with E-state index in [2.05, 4.69) is 45.6 Å². The fraction of sp³-hybridized carbons (Fsp3) is 0.488. The zero-order valence-electron chi connectivity index (χ0n) is 31.9. The van der Waals surface area contributed by atoms with Gasteiger partial charge in [0, 0.05) is 29.9 Å². The number of fused-ring (bicyclic) bond motifs is 6. The van der Waals surface area contributed by atoms with Gasteiger partial charge >= 0.3 is 12.2 Å². The number of alkyl carbamates (subject to hydrolysis) is 1. The maximum Gasteiger partial charge on any atom is 0.410 e. The summed E-state index contributed by atoms with van der Waals surface area (Å²) in [5, 5.41) is 2.71. The molecule has 0 spiro atoms. The van der Waals surface area contributed by atoms with Gasteiger partial charge in [-0.25, -0.2) is 19.6 Å². The number of aromatic amines is 2. The van der Waals surface area contributed by atoms with Gasteiger partial charge < -0.3 is 34.4 Å². The van der Waals surface area contributed by atoms with Crippen molar-refractivity contribution in [2.24, 2.45) is 5.92 Å². The molecule has 4 aliphatic rings. The van der Waals surface area contributed by atoms with Crippen LogP contribution in [0.5, 0.6) is 5.75 Å². The minimum Gasteiger partial charge on any atom is -0.488 e. The van der Waals surface area contributed by atoms with Gasteiger partial charge in [0.2, 0.25) is 5.91 Å². The lowest BCUT2D eigenvalue weighted by molar-refractivity contribution is -0.135. The topological polar surface area (TPSA) is 155 Å². The molecule has 54 heavy (non-hydrogen) atoms. The molecule has 2 fully saturated rings. The number of nitrogens with one attached hydrogen (secondary N) is 3. The van der Waals surface area contributed by atoms with Crippen LogP contribution in [-0.2, 0) is 33.7 Å². The standard InChI is InChI=1S/C41H49N7O6/c1-22(2)34(46-39(50)52-6)38(49)47-15-7-9-31(47)36-42-20-30(44-36)24-11-13-26-25(17-24)21-53-33-19-27-23(18-28(26)33)12-14-29-35(27)45-37(43-29)32-10-8-16-48(32)40(51)54-41(3,4)5/h11,13,17-20,22,31-32,34H,7-10,12,14-16,21H2,1-6H3,(H,42,44)(H,43,45)(H,46,50). The molecule has 284 valence electrons. The SMILES string of the molecule is COC(=O)NC(C(=O)N1CCCC1c1ncc(-c2ccc3c(c2)COc2cc4c(cc2-3)CCc2[nH]c(C3CCCN3C(=O)OC(C)(C)C)nc2-4)[nH]1)C(C)C. The Morgan fingerprint density at radius 3 is 2.43 bits per heavy atom. The molecular formula is C41H49N7O6. The third-order valence-corrected chi connectivity index (χ3v) is 11.0. The molecule has 3 unspecified atom stereocenters. The molecule has 13 nitrogen and oxygen atoms in total. The van der Waals surface area contributed by atoms with E-state index in [0.29, 0.717) is 19.7 Å². The number of methoxy groups -OCH3 is 1. The molecule has 3 aliphatic heterocycles. The van der Waals surface area contributed by atoms with Crippen LogP contribution in [0.4, 0.5) is 9.59 Å². The number of hydrogen-bond donors (Lipinski definition) is 3. The van der Waals surface area contributed by atoms with Gasteiger partial charge in [-0.1, -0.05) is 26.0 Å². The Bertz CT molecular complexity index is 2110. The van der Waals surface area contributed by atoms with Crippen LogP contribution in [0.25, 0.3) is 33.6 Å². The van der Waals surface area contributed by atoms with Gasteiger partial charge in [0.05, 0.1) is 36.8 Å². The first-order chi connectivity index (χ1) is 25.9. The highest BCUT2D eigenvalue weighted by molar-refractivity contribution is 5.87. The highest BCUT2D eigenvalue weighted by Gasteiger charge is 2.39. The number of H-pyrrole nitrogens is 2. The van der Waals surface area contributed by atoms with Crippen LogP contribution in [0, 0.1) is 5.92 Å². The monoisotopic (exact) mass is 735 g/mol. The van der Waals surface area contributed by atoms with Crippen LogP contribution in [0.15, 0.2) is 36.5 Å². The van der Waals surface area contributed by atoms with Crippen molar-refractivity contribution >= 4 is 18.1 Å². The molecule has 1 aliphatic carbocycles. The predicted octanol–water partition coefficient (Wildman–Crippen LogP) is 7.24. The Morgan fingerprint density at radius 1 is 0.926 bits per heavy atom. The molecule has 3 amide bonds. The number of ether oxygens (including phenoxy) is 3.